The van der Waals surface area contributed by atoms with E-state index in [2.05, 4.69) is 23.1 Å². The van der Waals surface area contributed by atoms with Crippen molar-refractivity contribution in [2.45, 2.75) is 32.2 Å². The van der Waals surface area contributed by atoms with Gasteiger partial charge in [0.05, 0.1) is 5.75 Å². The van der Waals surface area contributed by atoms with Gasteiger partial charge in [0.25, 0.3) is 0 Å². The van der Waals surface area contributed by atoms with E-state index < -0.39 is 0 Å². The zero-order chi connectivity index (χ0) is 11.6. The number of piperidine rings is 1. The van der Waals surface area contributed by atoms with E-state index in [-0.39, 0.29) is 0 Å². The second kappa shape index (κ2) is 8.92. The minimum absolute atomic E-state index is 0.736. The Bertz CT molecular complexity index is 204. The Kier molecular flexibility index (Phi) is 7.75. The smallest absolute Gasteiger partial charge is 0.0545 e. The van der Waals surface area contributed by atoms with E-state index >= 15 is 0 Å². The first-order valence-electron chi connectivity index (χ1n) is 6.33. The Labute approximate surface area is 105 Å². The molecule has 0 amide bonds. The van der Waals surface area contributed by atoms with Crippen molar-refractivity contribution in [3.05, 3.63) is 0 Å². The van der Waals surface area contributed by atoms with Gasteiger partial charge >= 0.3 is 0 Å². The zero-order valence-corrected chi connectivity index (χ0v) is 11.2. The Morgan fingerprint density at radius 3 is 2.81 bits per heavy atom. The molecule has 92 valence electrons. The summed E-state index contributed by atoms with van der Waals surface area (Å²) in [6.45, 7) is 7.16. The van der Waals surface area contributed by atoms with Crippen molar-refractivity contribution in [1.29, 1.82) is 0 Å². The van der Waals surface area contributed by atoms with Crippen LogP contribution in [0.4, 0.5) is 0 Å². The molecular formula is C13H24N2S. The van der Waals surface area contributed by atoms with Crippen LogP contribution in [0.1, 0.15) is 26.2 Å². The molecule has 1 saturated heterocycles. The monoisotopic (exact) mass is 240 g/mol. The van der Waals surface area contributed by atoms with Crippen LogP contribution in [-0.2, 0) is 0 Å². The number of hydrogen-bond donors (Lipinski definition) is 1. The van der Waals surface area contributed by atoms with Gasteiger partial charge in [-0.25, -0.2) is 0 Å². The number of likely N-dealkylation sites (tertiary alicyclic amines) is 1. The molecule has 0 saturated carbocycles. The Morgan fingerprint density at radius 2 is 2.19 bits per heavy atom. The molecule has 1 aliphatic heterocycles. The standard InChI is InChI=1S/C13H24N2S/c1-3-8-15-9-5-13(6-10-15)14-7-12-16-11-4-2/h2,13-14H,3,5-12H2,1H3. The van der Waals surface area contributed by atoms with Crippen molar-refractivity contribution in [2.75, 3.05) is 37.7 Å². The van der Waals surface area contributed by atoms with Gasteiger partial charge in [-0.05, 0) is 38.9 Å². The van der Waals surface area contributed by atoms with E-state index in [0.717, 1.165) is 24.1 Å². The maximum absolute atomic E-state index is 5.20. The molecule has 0 aliphatic carbocycles. The van der Waals surface area contributed by atoms with Crippen LogP contribution in [0.25, 0.3) is 0 Å². The fourth-order valence-corrected chi connectivity index (χ4v) is 2.67. The number of rotatable bonds is 7. The van der Waals surface area contributed by atoms with Gasteiger partial charge in [0.15, 0.2) is 0 Å². The molecule has 1 fully saturated rings. The summed E-state index contributed by atoms with van der Waals surface area (Å²) < 4.78 is 0. The van der Waals surface area contributed by atoms with Gasteiger partial charge in [0.1, 0.15) is 0 Å². The molecule has 1 rings (SSSR count). The van der Waals surface area contributed by atoms with Gasteiger partial charge in [-0.2, -0.15) is 0 Å². The average molecular weight is 240 g/mol. The SMILES string of the molecule is C#CCSCCNC1CCN(CCC)CC1. The molecule has 0 radical (unpaired) electrons. The maximum Gasteiger partial charge on any atom is 0.0545 e. The normalized spacial score (nSPS) is 18.5. The Hall–Kier alpha value is -0.170. The number of hydrogen-bond acceptors (Lipinski definition) is 3. The van der Waals surface area contributed by atoms with Crippen LogP contribution < -0.4 is 5.32 Å². The summed E-state index contributed by atoms with van der Waals surface area (Å²) >= 11 is 1.84. The minimum Gasteiger partial charge on any atom is -0.313 e. The highest BCUT2D eigenvalue weighted by Crippen LogP contribution is 2.10. The Balaban J connectivity index is 1.98. The third kappa shape index (κ3) is 5.79. The predicted octanol–water partition coefficient (Wildman–Crippen LogP) is 1.82. The lowest BCUT2D eigenvalue weighted by Crippen LogP contribution is -2.43. The average Bonchev–Trinajstić information content (AvgIpc) is 2.31. The van der Waals surface area contributed by atoms with Crippen LogP contribution >= 0.6 is 11.8 Å². The first-order chi connectivity index (χ1) is 7.86. The molecule has 0 aromatic carbocycles. The van der Waals surface area contributed by atoms with Crippen LogP contribution in [0.15, 0.2) is 0 Å². The van der Waals surface area contributed by atoms with Crippen molar-refractivity contribution >= 4 is 11.8 Å². The van der Waals surface area contributed by atoms with Crippen molar-refractivity contribution in [3.8, 4) is 12.3 Å². The molecule has 16 heavy (non-hydrogen) atoms. The molecular weight excluding hydrogens is 216 g/mol. The van der Waals surface area contributed by atoms with E-state index in [9.17, 15) is 0 Å². The maximum atomic E-state index is 5.20. The third-order valence-electron chi connectivity index (χ3n) is 2.99. The summed E-state index contributed by atoms with van der Waals surface area (Å²) in [5.74, 6) is 4.64. The quantitative estimate of drug-likeness (QED) is 0.540. The molecule has 0 atom stereocenters. The fraction of sp³-hybridized carbons (Fsp3) is 0.846. The van der Waals surface area contributed by atoms with Gasteiger partial charge in [0.2, 0.25) is 0 Å². The van der Waals surface area contributed by atoms with Gasteiger partial charge < -0.3 is 10.2 Å². The van der Waals surface area contributed by atoms with Gasteiger partial charge in [-0.3, -0.25) is 0 Å². The largest absolute Gasteiger partial charge is 0.313 e. The number of nitrogens with zero attached hydrogens (tertiary/aromatic N) is 1. The zero-order valence-electron chi connectivity index (χ0n) is 10.4. The summed E-state index contributed by atoms with van der Waals surface area (Å²) in [4.78, 5) is 2.57. The van der Waals surface area contributed by atoms with Crippen LogP contribution in [0.2, 0.25) is 0 Å². The highest BCUT2D eigenvalue weighted by Gasteiger charge is 2.17. The van der Waals surface area contributed by atoms with Crippen molar-refractivity contribution in [2.24, 2.45) is 0 Å². The van der Waals surface area contributed by atoms with E-state index in [0.29, 0.717) is 0 Å². The lowest BCUT2D eigenvalue weighted by atomic mass is 10.1. The predicted molar refractivity (Wildman–Crippen MR) is 73.9 cm³/mol. The van der Waals surface area contributed by atoms with E-state index in [1.807, 2.05) is 11.8 Å². The summed E-state index contributed by atoms with van der Waals surface area (Å²) in [6.07, 6.45) is 9.09. The van der Waals surface area contributed by atoms with Gasteiger partial charge in [0, 0.05) is 18.3 Å². The van der Waals surface area contributed by atoms with Crippen LogP contribution in [0.5, 0.6) is 0 Å². The molecule has 1 aliphatic rings. The molecule has 3 heteroatoms. The van der Waals surface area contributed by atoms with Crippen LogP contribution in [-0.4, -0.2) is 48.6 Å². The molecule has 0 aromatic rings. The topological polar surface area (TPSA) is 15.3 Å². The van der Waals surface area contributed by atoms with Gasteiger partial charge in [-0.15, -0.1) is 18.2 Å². The molecule has 0 unspecified atom stereocenters. The molecule has 2 nitrogen and oxygen atoms in total. The first-order valence-corrected chi connectivity index (χ1v) is 7.49. The van der Waals surface area contributed by atoms with Crippen molar-refractivity contribution in [1.82, 2.24) is 10.2 Å². The number of terminal acetylenes is 1. The van der Waals surface area contributed by atoms with Gasteiger partial charge in [-0.1, -0.05) is 12.8 Å². The second-order valence-corrected chi connectivity index (χ2v) is 5.43. The van der Waals surface area contributed by atoms with E-state index in [1.165, 1.54) is 38.9 Å². The second-order valence-electron chi connectivity index (χ2n) is 4.33. The molecule has 0 bridgehead atoms. The molecule has 0 aromatic heterocycles. The van der Waals surface area contributed by atoms with Crippen molar-refractivity contribution in [3.63, 3.8) is 0 Å². The molecule has 1 N–H and O–H groups in total. The van der Waals surface area contributed by atoms with E-state index in [1.54, 1.807) is 0 Å². The Morgan fingerprint density at radius 1 is 1.44 bits per heavy atom. The highest BCUT2D eigenvalue weighted by molar-refractivity contribution is 7.99. The lowest BCUT2D eigenvalue weighted by molar-refractivity contribution is 0.199. The first kappa shape index (κ1) is 13.9. The highest BCUT2D eigenvalue weighted by atomic mass is 32.2. The number of nitrogens with one attached hydrogen (secondary N) is 1. The molecule has 1 heterocycles. The third-order valence-corrected chi connectivity index (χ3v) is 3.86. The van der Waals surface area contributed by atoms with Crippen molar-refractivity contribution < 1.29 is 0 Å². The van der Waals surface area contributed by atoms with E-state index in [4.69, 9.17) is 6.42 Å². The summed E-state index contributed by atoms with van der Waals surface area (Å²) in [7, 11) is 0. The summed E-state index contributed by atoms with van der Waals surface area (Å²) in [5.41, 5.74) is 0. The fourth-order valence-electron chi connectivity index (χ4n) is 2.14. The number of thioether (sulfide) groups is 1. The molecule has 0 spiro atoms. The van der Waals surface area contributed by atoms with Crippen LogP contribution in [0.3, 0.4) is 0 Å². The summed E-state index contributed by atoms with van der Waals surface area (Å²) in [5, 5.41) is 3.63. The minimum atomic E-state index is 0.736. The lowest BCUT2D eigenvalue weighted by Gasteiger charge is -2.32. The summed E-state index contributed by atoms with van der Waals surface area (Å²) in [6, 6.07) is 0.736. The van der Waals surface area contributed by atoms with Crippen LogP contribution in [0, 0.1) is 12.3 Å².